The number of hydrogen-bond acceptors (Lipinski definition) is 14. The smallest absolute Gasteiger partial charge is 0.759 e. The molecule has 0 saturated carbocycles. The van der Waals surface area contributed by atoms with Crippen LogP contribution in [-0.2, 0) is 41.6 Å². The van der Waals surface area contributed by atoms with Crippen molar-refractivity contribution in [2.24, 2.45) is 0 Å². The van der Waals surface area contributed by atoms with Crippen molar-refractivity contribution in [3.8, 4) is 0 Å². The van der Waals surface area contributed by atoms with E-state index in [4.69, 9.17) is 70.1 Å². The van der Waals surface area contributed by atoms with E-state index in [1.165, 1.54) is 0 Å². The predicted molar refractivity (Wildman–Crippen MR) is 60.7 cm³/mol. The summed E-state index contributed by atoms with van der Waals surface area (Å²) in [5.74, 6) is 0. The van der Waals surface area contributed by atoms with Crippen LogP contribution in [0.15, 0.2) is 0 Å². The van der Waals surface area contributed by atoms with Crippen LogP contribution in [0.2, 0.25) is 0 Å². The van der Waals surface area contributed by atoms with Gasteiger partial charge in [0.25, 0.3) is 0 Å². The Kier molecular flexibility index (Phi) is 32.9. The summed E-state index contributed by atoms with van der Waals surface area (Å²) < 4.78 is 134. The first-order valence-corrected chi connectivity index (χ1v) is 8.10. The van der Waals surface area contributed by atoms with Crippen LogP contribution in [0.1, 0.15) is 0 Å². The summed E-state index contributed by atoms with van der Waals surface area (Å²) in [7, 11) is -20.2. The van der Waals surface area contributed by atoms with Crippen molar-refractivity contribution in [2.75, 3.05) is 0 Å². The summed E-state index contributed by atoms with van der Waals surface area (Å²) >= 11 is 0. The maximum atomic E-state index is 8.74. The third kappa shape index (κ3) is 37100. The van der Waals surface area contributed by atoms with Gasteiger partial charge in [0.1, 0.15) is 0 Å². The molecule has 0 aliphatic carbocycles. The van der Waals surface area contributed by atoms with Gasteiger partial charge in [0.2, 0.25) is 0 Å². The Labute approximate surface area is 151 Å². The van der Waals surface area contributed by atoms with Gasteiger partial charge in [-0.25, -0.2) is 0 Å². The molecular weight excluding hydrogens is 454 g/mol. The van der Waals surface area contributed by atoms with E-state index in [-0.39, 0.29) is 40.2 Å². The van der Waals surface area contributed by atoms with Crippen LogP contribution in [0, 0.1) is 0 Å². The zero-order chi connectivity index (χ0) is 18.0. The van der Waals surface area contributed by atoms with Gasteiger partial charge < -0.3 is 32.8 Å². The first kappa shape index (κ1) is 43.7. The minimum Gasteiger partial charge on any atom is -0.759 e. The molecule has 0 aromatic rings. The van der Waals surface area contributed by atoms with E-state index in [0.29, 0.717) is 0 Å². The molecule has 0 saturated heterocycles. The molecule has 0 aliphatic heterocycles. The molecule has 17 nitrogen and oxygen atoms in total. The van der Waals surface area contributed by atoms with Gasteiger partial charge in [-0.15, -0.1) is 0 Å². The van der Waals surface area contributed by atoms with E-state index in [2.05, 4.69) is 0 Å². The topological polar surface area (TPSA) is 347 Å². The van der Waals surface area contributed by atoms with E-state index in [1.807, 2.05) is 0 Å². The fourth-order valence-electron chi connectivity index (χ4n) is 0. The predicted octanol–water partition coefficient (Wildman–Crippen LogP) is -6.25. The van der Waals surface area contributed by atoms with E-state index < -0.39 is 41.6 Å². The molecule has 4 N–H and O–H groups in total. The van der Waals surface area contributed by atoms with Gasteiger partial charge in [-0.3, -0.25) is 34.4 Å². The quantitative estimate of drug-likeness (QED) is 0.193. The van der Waals surface area contributed by atoms with Crippen molar-refractivity contribution in [1.82, 2.24) is 0 Å². The van der Waals surface area contributed by atoms with Gasteiger partial charge >= 0.3 is 45.1 Å². The van der Waals surface area contributed by atoms with Crippen molar-refractivity contribution in [1.29, 1.82) is 0 Å². The Morgan fingerprint density at radius 3 is 0.478 bits per heavy atom. The van der Waals surface area contributed by atoms with E-state index in [1.54, 1.807) is 0 Å². The summed E-state index contributed by atoms with van der Waals surface area (Å²) in [6, 6.07) is 0. The van der Waals surface area contributed by atoms with Gasteiger partial charge in [0.05, 0.1) is 0 Å². The van der Waals surface area contributed by atoms with Gasteiger partial charge in [0, 0.05) is 31.2 Å². The average Bonchev–Trinajstić information content (AvgIpc) is 1.62. The standard InChI is InChI=1S/2Al.4H2O4S.H2O/c;;4*1-5(2,3)4;/h;;4*(H2,1,2,3,4);1H2/q2*+3;;;;;/p-6. The Bertz CT molecular complexity index is 477. The average molecular weight is 458 g/mol. The largest absolute Gasteiger partial charge is 3.00 e. The molecule has 0 amide bonds. The molecule has 136 valence electrons. The molecule has 0 radical (unpaired) electrons. The second-order valence-electron chi connectivity index (χ2n) is 1.67. The maximum Gasteiger partial charge on any atom is 3.00 e. The van der Waals surface area contributed by atoms with E-state index in [0.717, 1.165) is 0 Å². The molecule has 23 heteroatoms. The molecule has 0 fully saturated rings. The SMILES string of the molecule is O.O=S(=O)(O)O.O=S(=O)([O-])[O-].O=S(=O)([O-])[O-].O=S(=O)([O-])[O-].[Al+3].[Al+3]. The monoisotopic (exact) mass is 458 g/mol. The Morgan fingerprint density at radius 2 is 0.478 bits per heavy atom. The van der Waals surface area contributed by atoms with Crippen molar-refractivity contribution in [2.45, 2.75) is 0 Å². The van der Waals surface area contributed by atoms with Crippen LogP contribution in [0.25, 0.3) is 0 Å². The molecule has 0 unspecified atom stereocenters. The normalized spacial score (nSPS) is 10.1. The van der Waals surface area contributed by atoms with Gasteiger partial charge in [-0.05, 0) is 0 Å². The maximum absolute atomic E-state index is 8.74. The van der Waals surface area contributed by atoms with Crippen LogP contribution >= 0.6 is 0 Å². The van der Waals surface area contributed by atoms with Gasteiger partial charge in [-0.2, -0.15) is 8.42 Å². The van der Waals surface area contributed by atoms with Crippen molar-refractivity contribution >= 4 is 76.3 Å². The summed E-state index contributed by atoms with van der Waals surface area (Å²) in [5.41, 5.74) is 0. The molecule has 0 aliphatic rings. The Hall–Kier alpha value is 0.505. The molecule has 0 atom stereocenters. The van der Waals surface area contributed by atoms with Crippen molar-refractivity contribution in [3.05, 3.63) is 0 Å². The van der Waals surface area contributed by atoms with Crippen molar-refractivity contribution < 1.29 is 75.6 Å². The fourth-order valence-corrected chi connectivity index (χ4v) is 0. The molecule has 0 aromatic heterocycles. The zero-order valence-corrected chi connectivity index (χ0v) is 15.5. The Morgan fingerprint density at radius 1 is 0.478 bits per heavy atom. The van der Waals surface area contributed by atoms with Gasteiger partial charge in [0.15, 0.2) is 0 Å². The first-order chi connectivity index (χ1) is 8.00. The summed E-state index contributed by atoms with van der Waals surface area (Å²) in [4.78, 5) is 0. The minimum absolute atomic E-state index is 0. The summed E-state index contributed by atoms with van der Waals surface area (Å²) in [6.07, 6.45) is 0. The molecule has 0 aromatic carbocycles. The van der Waals surface area contributed by atoms with Crippen LogP contribution in [0.4, 0.5) is 0 Å². The molecule has 0 heterocycles. The molecule has 0 spiro atoms. The third-order valence-corrected chi connectivity index (χ3v) is 0. The minimum atomic E-state index is -5.17. The molecular formula is H4Al2O17S4. The van der Waals surface area contributed by atoms with Crippen LogP contribution in [0.3, 0.4) is 0 Å². The third-order valence-electron chi connectivity index (χ3n) is 0. The van der Waals surface area contributed by atoms with Crippen LogP contribution < -0.4 is 0 Å². The van der Waals surface area contributed by atoms with E-state index in [9.17, 15) is 0 Å². The Balaban J connectivity index is -0.0000000284. The molecule has 23 heavy (non-hydrogen) atoms. The number of rotatable bonds is 0. The van der Waals surface area contributed by atoms with Crippen molar-refractivity contribution in [3.63, 3.8) is 0 Å². The second-order valence-corrected chi connectivity index (χ2v) is 5.02. The van der Waals surface area contributed by atoms with Gasteiger partial charge in [-0.1, -0.05) is 0 Å². The second kappa shape index (κ2) is 17.3. The molecule has 0 rings (SSSR count). The van der Waals surface area contributed by atoms with Crippen LogP contribution in [-0.4, -0.2) is 110 Å². The number of hydrogen-bond donors (Lipinski definition) is 2. The fraction of sp³-hybridized carbons (Fsp3) is 0. The summed E-state index contributed by atoms with van der Waals surface area (Å²) in [5, 5.41) is 0. The first-order valence-electron chi connectivity index (χ1n) is 2.70. The molecule has 0 bridgehead atoms. The van der Waals surface area contributed by atoms with Crippen LogP contribution in [0.5, 0.6) is 0 Å². The zero-order valence-electron chi connectivity index (χ0n) is 9.90. The van der Waals surface area contributed by atoms with E-state index >= 15 is 0 Å². The summed E-state index contributed by atoms with van der Waals surface area (Å²) in [6.45, 7) is 0.